The SMILES string of the molecule is COc1ccc(Cl)cc1NC(=O)CSCc1cc(=O)c2cccc(C)c2[nH]1. The van der Waals surface area contributed by atoms with Crippen molar-refractivity contribution in [3.8, 4) is 5.75 Å². The number of carbonyl (C=O) groups excluding carboxylic acids is 1. The molecule has 0 radical (unpaired) electrons. The van der Waals surface area contributed by atoms with Crippen molar-refractivity contribution in [2.75, 3.05) is 18.2 Å². The summed E-state index contributed by atoms with van der Waals surface area (Å²) in [7, 11) is 1.53. The van der Waals surface area contributed by atoms with E-state index in [1.807, 2.05) is 25.1 Å². The number of nitrogens with one attached hydrogen (secondary N) is 2. The third-order valence-corrected chi connectivity index (χ3v) is 5.27. The molecule has 0 spiro atoms. The van der Waals surface area contributed by atoms with Gasteiger partial charge in [-0.15, -0.1) is 11.8 Å². The molecule has 140 valence electrons. The Morgan fingerprint density at radius 3 is 2.85 bits per heavy atom. The largest absolute Gasteiger partial charge is 0.495 e. The number of methoxy groups -OCH3 is 1. The smallest absolute Gasteiger partial charge is 0.234 e. The number of H-pyrrole nitrogens is 1. The van der Waals surface area contributed by atoms with Crippen molar-refractivity contribution in [2.45, 2.75) is 12.7 Å². The molecule has 2 aromatic carbocycles. The molecule has 0 fully saturated rings. The Hall–Kier alpha value is -2.44. The monoisotopic (exact) mass is 402 g/mol. The lowest BCUT2D eigenvalue weighted by Gasteiger charge is -2.10. The molecule has 7 heteroatoms. The number of fused-ring (bicyclic) bond motifs is 1. The number of ether oxygens (including phenoxy) is 1. The lowest BCUT2D eigenvalue weighted by atomic mass is 10.1. The van der Waals surface area contributed by atoms with Crippen molar-refractivity contribution in [3.05, 3.63) is 69.0 Å². The molecular formula is C20H19ClN2O3S. The van der Waals surface area contributed by atoms with Gasteiger partial charge in [0.05, 0.1) is 24.1 Å². The summed E-state index contributed by atoms with van der Waals surface area (Å²) in [5.74, 6) is 1.15. The number of thioether (sulfide) groups is 1. The maximum absolute atomic E-state index is 12.3. The van der Waals surface area contributed by atoms with Gasteiger partial charge in [0.15, 0.2) is 5.43 Å². The quantitative estimate of drug-likeness (QED) is 0.642. The molecule has 0 aliphatic rings. The lowest BCUT2D eigenvalue weighted by molar-refractivity contribution is -0.113. The average Bonchev–Trinajstić information content (AvgIpc) is 2.63. The van der Waals surface area contributed by atoms with Gasteiger partial charge in [-0.3, -0.25) is 9.59 Å². The second-order valence-corrected chi connectivity index (χ2v) is 7.46. The van der Waals surface area contributed by atoms with E-state index < -0.39 is 0 Å². The number of hydrogen-bond acceptors (Lipinski definition) is 4. The van der Waals surface area contributed by atoms with Gasteiger partial charge in [-0.2, -0.15) is 0 Å². The predicted octanol–water partition coefficient (Wildman–Crippen LogP) is 4.37. The van der Waals surface area contributed by atoms with Crippen molar-refractivity contribution < 1.29 is 9.53 Å². The van der Waals surface area contributed by atoms with Crippen LogP contribution in [0.15, 0.2) is 47.3 Å². The van der Waals surface area contributed by atoms with Gasteiger partial charge in [-0.05, 0) is 36.8 Å². The van der Waals surface area contributed by atoms with Crippen LogP contribution in [0.25, 0.3) is 10.9 Å². The van der Waals surface area contributed by atoms with E-state index in [1.54, 1.807) is 24.3 Å². The third-order valence-electron chi connectivity index (χ3n) is 4.06. The highest BCUT2D eigenvalue weighted by Crippen LogP contribution is 2.27. The van der Waals surface area contributed by atoms with Crippen molar-refractivity contribution in [2.24, 2.45) is 0 Å². The zero-order valence-corrected chi connectivity index (χ0v) is 16.5. The Kier molecular flexibility index (Phi) is 6.08. The zero-order chi connectivity index (χ0) is 19.4. The van der Waals surface area contributed by atoms with Gasteiger partial charge in [0, 0.05) is 27.9 Å². The highest BCUT2D eigenvalue weighted by molar-refractivity contribution is 7.99. The van der Waals surface area contributed by atoms with Crippen LogP contribution in [0.3, 0.4) is 0 Å². The minimum Gasteiger partial charge on any atom is -0.495 e. The molecule has 0 aliphatic carbocycles. The molecular weight excluding hydrogens is 384 g/mol. The number of aryl methyl sites for hydroxylation is 1. The van der Waals surface area contributed by atoms with E-state index in [1.165, 1.54) is 18.9 Å². The van der Waals surface area contributed by atoms with Crippen LogP contribution in [0.5, 0.6) is 5.75 Å². The third kappa shape index (κ3) is 4.64. The van der Waals surface area contributed by atoms with Crippen molar-refractivity contribution in [1.82, 2.24) is 4.98 Å². The highest BCUT2D eigenvalue weighted by Gasteiger charge is 2.10. The first-order chi connectivity index (χ1) is 13.0. The number of pyridine rings is 1. The zero-order valence-electron chi connectivity index (χ0n) is 15.0. The van der Waals surface area contributed by atoms with Gasteiger partial charge in [-0.25, -0.2) is 0 Å². The Morgan fingerprint density at radius 2 is 2.07 bits per heavy atom. The Labute approximate surface area is 166 Å². The van der Waals surface area contributed by atoms with Crippen molar-refractivity contribution in [1.29, 1.82) is 0 Å². The molecule has 0 saturated heterocycles. The van der Waals surface area contributed by atoms with Crippen LogP contribution < -0.4 is 15.5 Å². The fourth-order valence-electron chi connectivity index (χ4n) is 2.77. The second-order valence-electron chi connectivity index (χ2n) is 6.04. The van der Waals surface area contributed by atoms with E-state index in [9.17, 15) is 9.59 Å². The van der Waals surface area contributed by atoms with Gasteiger partial charge in [0.1, 0.15) is 5.75 Å². The highest BCUT2D eigenvalue weighted by atomic mass is 35.5. The molecule has 2 N–H and O–H groups in total. The minimum absolute atomic E-state index is 0.0174. The molecule has 1 amide bonds. The number of aromatic nitrogens is 1. The second kappa shape index (κ2) is 8.50. The summed E-state index contributed by atoms with van der Waals surface area (Å²) in [6.07, 6.45) is 0. The van der Waals surface area contributed by atoms with E-state index in [0.717, 1.165) is 16.8 Å². The van der Waals surface area contributed by atoms with E-state index in [4.69, 9.17) is 16.3 Å². The Morgan fingerprint density at radius 1 is 1.26 bits per heavy atom. The number of aromatic amines is 1. The van der Waals surface area contributed by atoms with Gasteiger partial charge in [0.25, 0.3) is 0 Å². The normalized spacial score (nSPS) is 10.8. The lowest BCUT2D eigenvalue weighted by Crippen LogP contribution is -2.15. The number of carbonyl (C=O) groups is 1. The summed E-state index contributed by atoms with van der Waals surface area (Å²) in [4.78, 5) is 27.8. The molecule has 27 heavy (non-hydrogen) atoms. The summed E-state index contributed by atoms with van der Waals surface area (Å²) in [5.41, 5.74) is 3.16. The van der Waals surface area contributed by atoms with E-state index in [-0.39, 0.29) is 17.1 Å². The predicted molar refractivity (Wildman–Crippen MR) is 112 cm³/mol. The number of para-hydroxylation sites is 1. The van der Waals surface area contributed by atoms with Crippen LogP contribution in [0.2, 0.25) is 5.02 Å². The summed E-state index contributed by atoms with van der Waals surface area (Å²) >= 11 is 7.39. The topological polar surface area (TPSA) is 71.2 Å². The van der Waals surface area contributed by atoms with E-state index >= 15 is 0 Å². The Bertz CT molecular complexity index is 1050. The molecule has 3 aromatic rings. The van der Waals surface area contributed by atoms with Gasteiger partial charge in [-0.1, -0.05) is 23.7 Å². The van der Waals surface area contributed by atoms with E-state index in [0.29, 0.717) is 27.6 Å². The summed E-state index contributed by atoms with van der Waals surface area (Å²) in [5, 5.41) is 3.99. The van der Waals surface area contributed by atoms with Crippen LogP contribution in [0.1, 0.15) is 11.3 Å². The van der Waals surface area contributed by atoms with Crippen LogP contribution in [-0.2, 0) is 10.5 Å². The number of hydrogen-bond donors (Lipinski definition) is 2. The fourth-order valence-corrected chi connectivity index (χ4v) is 3.67. The first-order valence-corrected chi connectivity index (χ1v) is 9.84. The summed E-state index contributed by atoms with van der Waals surface area (Å²) < 4.78 is 5.22. The van der Waals surface area contributed by atoms with Crippen LogP contribution in [0, 0.1) is 6.92 Å². The number of amides is 1. The van der Waals surface area contributed by atoms with Gasteiger partial charge in [0.2, 0.25) is 5.91 Å². The number of anilines is 1. The molecule has 0 saturated carbocycles. The van der Waals surface area contributed by atoms with Gasteiger partial charge >= 0.3 is 0 Å². The van der Waals surface area contributed by atoms with Crippen molar-refractivity contribution >= 4 is 45.9 Å². The molecule has 1 heterocycles. The number of benzene rings is 2. The molecule has 5 nitrogen and oxygen atoms in total. The molecule has 0 unspecified atom stereocenters. The molecule has 0 aliphatic heterocycles. The maximum atomic E-state index is 12.3. The minimum atomic E-state index is -0.167. The standard InChI is InChI=1S/C20H19ClN2O3S/c1-12-4-3-5-15-17(24)9-14(22-20(12)15)10-27-11-19(25)23-16-8-13(21)6-7-18(16)26-2/h3-9H,10-11H2,1-2H3,(H,22,24)(H,23,25). The maximum Gasteiger partial charge on any atom is 0.234 e. The first kappa shape index (κ1) is 19.3. The van der Waals surface area contributed by atoms with Crippen molar-refractivity contribution in [3.63, 3.8) is 0 Å². The van der Waals surface area contributed by atoms with Crippen LogP contribution in [-0.4, -0.2) is 23.8 Å². The van der Waals surface area contributed by atoms with Crippen LogP contribution in [0.4, 0.5) is 5.69 Å². The molecule has 1 aromatic heterocycles. The molecule has 3 rings (SSSR count). The summed E-state index contributed by atoms with van der Waals surface area (Å²) in [6, 6.07) is 12.3. The van der Waals surface area contributed by atoms with E-state index in [2.05, 4.69) is 10.3 Å². The summed E-state index contributed by atoms with van der Waals surface area (Å²) in [6.45, 7) is 1.96. The van der Waals surface area contributed by atoms with Gasteiger partial charge < -0.3 is 15.0 Å². The average molecular weight is 403 g/mol. The number of halogens is 1. The molecule has 0 bridgehead atoms. The molecule has 0 atom stereocenters. The number of rotatable bonds is 6. The fraction of sp³-hybridized carbons (Fsp3) is 0.200. The Balaban J connectivity index is 1.64. The van der Waals surface area contributed by atoms with Crippen LogP contribution >= 0.6 is 23.4 Å². The first-order valence-electron chi connectivity index (χ1n) is 8.30.